The highest BCUT2D eigenvalue weighted by Gasteiger charge is 1.33. The topological polar surface area (TPSA) is 52.0 Å². The van der Waals surface area contributed by atoms with Crippen molar-refractivity contribution < 1.29 is 0 Å². The molecule has 12 heavy (non-hydrogen) atoms. The monoisotopic (exact) mass is 186 g/mol. The molecule has 0 aromatic heterocycles. The van der Waals surface area contributed by atoms with Crippen LogP contribution in [0.2, 0.25) is 0 Å². The zero-order chi connectivity index (χ0) is 5.41. The van der Waals surface area contributed by atoms with Crippen LogP contribution in [-0.2, 0) is 0 Å². The predicted octanol–water partition coefficient (Wildman–Crippen LogP) is 3.75. The van der Waals surface area contributed by atoms with Gasteiger partial charge < -0.3 is 11.5 Å². The quantitative estimate of drug-likeness (QED) is 0.605. The average molecular weight is 186 g/mol. The molecule has 0 rings (SSSR count). The fourth-order valence-electron chi connectivity index (χ4n) is 0. The largest absolute Gasteiger partial charge is 0.331 e. The maximum Gasteiger partial charge on any atom is -0.0106 e. The summed E-state index contributed by atoms with van der Waals surface area (Å²) in [7, 11) is 0. The molecule has 0 aromatic carbocycles. The first-order valence-corrected chi connectivity index (χ1v) is 2.23. The van der Waals surface area contributed by atoms with Gasteiger partial charge in [-0.3, -0.25) is 0 Å². The van der Waals surface area contributed by atoms with Crippen molar-refractivity contribution in [2.45, 2.75) is 58.4 Å². The number of hydrogen-bond acceptors (Lipinski definition) is 2. The molecule has 0 unspecified atom stereocenters. The van der Waals surface area contributed by atoms with Crippen molar-refractivity contribution in [3.63, 3.8) is 0 Å². The summed E-state index contributed by atoms with van der Waals surface area (Å²) in [6, 6.07) is 0. The van der Waals surface area contributed by atoms with Gasteiger partial charge in [-0.2, -0.15) is 0 Å². The van der Waals surface area contributed by atoms with Gasteiger partial charge in [-0.25, -0.2) is 0 Å². The van der Waals surface area contributed by atoms with Gasteiger partial charge in [-0.05, 0) is 13.1 Å². The highest BCUT2D eigenvalue weighted by Crippen LogP contribution is 1.20. The van der Waals surface area contributed by atoms with E-state index >= 15 is 0 Å². The molecule has 0 saturated carbocycles. The lowest BCUT2D eigenvalue weighted by atomic mass is 10.8. The molecule has 0 fully saturated rings. The Kier molecular flexibility index (Phi) is 2250. The van der Waals surface area contributed by atoms with Crippen molar-refractivity contribution in [3.8, 4) is 0 Å². The highest BCUT2D eigenvalue weighted by molar-refractivity contribution is 4.00. The fraction of sp³-hybridized carbons (Fsp3) is 1.00. The van der Waals surface area contributed by atoms with Crippen LogP contribution in [0.5, 0.6) is 0 Å². The zero-order valence-electron chi connectivity index (χ0n) is 4.57. The molecule has 0 heterocycles. The summed E-state index contributed by atoms with van der Waals surface area (Å²) in [5.41, 5.74) is 9.69. The first-order valence-electron chi connectivity index (χ1n) is 2.23. The van der Waals surface area contributed by atoms with E-state index < -0.39 is 0 Å². The lowest BCUT2D eigenvalue weighted by Crippen LogP contribution is -1.87. The summed E-state index contributed by atoms with van der Waals surface area (Å²) in [5.74, 6) is 0. The molecule has 2 nitrogen and oxygen atoms in total. The fourth-order valence-corrected chi connectivity index (χ4v) is 0. The lowest BCUT2D eigenvalue weighted by Gasteiger charge is -1.53. The van der Waals surface area contributed by atoms with E-state index in [4.69, 9.17) is 11.5 Å². The van der Waals surface area contributed by atoms with E-state index in [0.717, 1.165) is 13.1 Å². The van der Waals surface area contributed by atoms with Gasteiger partial charge in [0.1, 0.15) is 0 Å². The maximum atomic E-state index is 4.85. The minimum absolute atomic E-state index is 0. The van der Waals surface area contributed by atoms with Crippen LogP contribution in [0.3, 0.4) is 0 Å². The SMILES string of the molecule is C.C.C.C.C.C.CCN.CCN. The first kappa shape index (κ1) is 92.5. The molecule has 0 aliphatic heterocycles. The second-order valence-corrected chi connectivity index (χ2v) is 0.816. The van der Waals surface area contributed by atoms with Crippen molar-refractivity contribution in [1.82, 2.24) is 0 Å². The van der Waals surface area contributed by atoms with Gasteiger partial charge in [0.2, 0.25) is 0 Å². The molecule has 0 spiro atoms. The van der Waals surface area contributed by atoms with Crippen LogP contribution in [0, 0.1) is 0 Å². The van der Waals surface area contributed by atoms with Crippen LogP contribution < -0.4 is 11.5 Å². The molecule has 0 aliphatic carbocycles. The van der Waals surface area contributed by atoms with Gasteiger partial charge in [0.05, 0.1) is 0 Å². The molecule has 0 bridgehead atoms. The van der Waals surface area contributed by atoms with E-state index in [2.05, 4.69) is 0 Å². The zero-order valence-corrected chi connectivity index (χ0v) is 4.57. The number of rotatable bonds is 0. The van der Waals surface area contributed by atoms with Crippen molar-refractivity contribution in [2.75, 3.05) is 13.1 Å². The van der Waals surface area contributed by atoms with E-state index in [-0.39, 0.29) is 44.6 Å². The summed E-state index contributed by atoms with van der Waals surface area (Å²) >= 11 is 0. The van der Waals surface area contributed by atoms with Gasteiger partial charge in [-0.15, -0.1) is 0 Å². The van der Waals surface area contributed by atoms with Crippen LogP contribution in [0.25, 0.3) is 0 Å². The van der Waals surface area contributed by atoms with Gasteiger partial charge in [0, 0.05) is 0 Å². The Morgan fingerprint density at radius 2 is 0.583 bits per heavy atom. The molecule has 4 N–H and O–H groups in total. The van der Waals surface area contributed by atoms with Crippen molar-refractivity contribution in [1.29, 1.82) is 0 Å². The lowest BCUT2D eigenvalue weighted by molar-refractivity contribution is 1.14. The minimum atomic E-state index is 0. The second-order valence-electron chi connectivity index (χ2n) is 0.816. The van der Waals surface area contributed by atoms with Crippen LogP contribution in [-0.4, -0.2) is 13.1 Å². The molecule has 0 aromatic rings. The molecule has 0 amide bonds. The van der Waals surface area contributed by atoms with Gasteiger partial charge in [0.15, 0.2) is 0 Å². The molecular weight excluding hydrogens is 148 g/mol. The molecule has 2 heteroatoms. The Bertz CT molecular complexity index is 9.80. The van der Waals surface area contributed by atoms with E-state index in [0.29, 0.717) is 0 Å². The molecule has 0 atom stereocenters. The smallest absolute Gasteiger partial charge is 0.0106 e. The Balaban J connectivity index is -0.00000000296. The molecule has 0 aliphatic rings. The minimum Gasteiger partial charge on any atom is -0.331 e. The van der Waals surface area contributed by atoms with Crippen molar-refractivity contribution in [3.05, 3.63) is 0 Å². The van der Waals surface area contributed by atoms with E-state index in [1.54, 1.807) is 0 Å². The van der Waals surface area contributed by atoms with Crippen molar-refractivity contribution >= 4 is 0 Å². The van der Waals surface area contributed by atoms with Crippen LogP contribution >= 0.6 is 0 Å². The Hall–Kier alpha value is -0.0800. The third kappa shape index (κ3) is 123000. The summed E-state index contributed by atoms with van der Waals surface area (Å²) < 4.78 is 0. The van der Waals surface area contributed by atoms with Gasteiger partial charge in [-0.1, -0.05) is 58.4 Å². The Morgan fingerprint density at radius 1 is 0.583 bits per heavy atom. The summed E-state index contributed by atoms with van der Waals surface area (Å²) in [6.07, 6.45) is 0. The molecule has 0 saturated heterocycles. The van der Waals surface area contributed by atoms with Crippen molar-refractivity contribution in [2.24, 2.45) is 11.5 Å². The summed E-state index contributed by atoms with van der Waals surface area (Å²) in [4.78, 5) is 0. The Labute approximate surface area is 83.7 Å². The highest BCUT2D eigenvalue weighted by atomic mass is 14.5. The average Bonchev–Trinajstić information content (AvgIpc) is 1.39. The van der Waals surface area contributed by atoms with E-state index in [1.807, 2.05) is 13.8 Å². The Morgan fingerprint density at radius 3 is 0.583 bits per heavy atom. The standard InChI is InChI=1S/2C2H7N.6CH4/c2*1-2-3;;;;;;/h2*2-3H2,1H3;6*1H4. The van der Waals surface area contributed by atoms with E-state index in [9.17, 15) is 0 Å². The maximum absolute atomic E-state index is 4.85. The van der Waals surface area contributed by atoms with Gasteiger partial charge in [0.25, 0.3) is 0 Å². The first-order chi connectivity index (χ1) is 2.83. The predicted molar refractivity (Wildman–Crippen MR) is 69.8 cm³/mol. The van der Waals surface area contributed by atoms with Crippen LogP contribution in [0.4, 0.5) is 0 Å². The van der Waals surface area contributed by atoms with Crippen LogP contribution in [0.15, 0.2) is 0 Å². The third-order valence-electron chi connectivity index (χ3n) is 0. The second kappa shape index (κ2) is 292. The van der Waals surface area contributed by atoms with E-state index in [1.165, 1.54) is 0 Å². The number of hydrogen-bond donors (Lipinski definition) is 2. The molecule has 88 valence electrons. The third-order valence-corrected chi connectivity index (χ3v) is 0. The van der Waals surface area contributed by atoms with Crippen LogP contribution in [0.1, 0.15) is 58.4 Å². The summed E-state index contributed by atoms with van der Waals surface area (Å²) in [6.45, 7) is 5.31. The summed E-state index contributed by atoms with van der Waals surface area (Å²) in [5, 5.41) is 0. The molecular formula is C10H38N2. The number of nitrogens with two attached hydrogens (primary N) is 2. The molecule has 0 radical (unpaired) electrons. The normalized spacial score (nSPS) is 3.00. The van der Waals surface area contributed by atoms with Gasteiger partial charge >= 0.3 is 0 Å².